The zero-order chi connectivity index (χ0) is 14.0. The first-order valence-corrected chi connectivity index (χ1v) is 6.50. The molecule has 1 aliphatic heterocycles. The van der Waals surface area contributed by atoms with Crippen molar-refractivity contribution in [2.45, 2.75) is 6.92 Å². The van der Waals surface area contributed by atoms with E-state index in [2.05, 4.69) is 10.3 Å². The van der Waals surface area contributed by atoms with Gasteiger partial charge in [0.1, 0.15) is 5.69 Å². The number of thioether (sulfide) groups is 1. The third kappa shape index (κ3) is 2.84. The average molecular weight is 280 g/mol. The highest BCUT2D eigenvalue weighted by atomic mass is 32.2. The lowest BCUT2D eigenvalue weighted by Crippen LogP contribution is -2.28. The summed E-state index contributed by atoms with van der Waals surface area (Å²) in [4.78, 5) is 26.4. The van der Waals surface area contributed by atoms with E-state index >= 15 is 0 Å². The molecule has 0 radical (unpaired) electrons. The van der Waals surface area contributed by atoms with Crippen LogP contribution in [0.3, 0.4) is 0 Å². The predicted octanol–water partition coefficient (Wildman–Crippen LogP) is 1.32. The van der Waals surface area contributed by atoms with E-state index in [1.54, 1.807) is 6.92 Å². The van der Waals surface area contributed by atoms with Crippen molar-refractivity contribution in [1.82, 2.24) is 5.32 Å². The maximum Gasteiger partial charge on any atom is 0.293 e. The van der Waals surface area contributed by atoms with E-state index in [9.17, 15) is 14.9 Å². The Hall–Kier alpha value is -2.09. The number of amides is 1. The molecular weight excluding hydrogens is 268 g/mol. The van der Waals surface area contributed by atoms with Gasteiger partial charge in [-0.1, -0.05) is 11.8 Å². The van der Waals surface area contributed by atoms with Crippen LogP contribution in [0.2, 0.25) is 0 Å². The van der Waals surface area contributed by atoms with E-state index in [1.807, 2.05) is 0 Å². The largest absolute Gasteiger partial charge is 0.393 e. The highest BCUT2D eigenvalue weighted by Crippen LogP contribution is 2.27. The minimum atomic E-state index is -0.596. The van der Waals surface area contributed by atoms with Gasteiger partial charge in [-0.3, -0.25) is 19.9 Å². The molecule has 1 amide bonds. The molecule has 1 heterocycles. The number of benzene rings is 1. The molecule has 100 valence electrons. The van der Waals surface area contributed by atoms with Crippen molar-refractivity contribution in [3.05, 3.63) is 33.4 Å². The molecule has 1 aliphatic rings. The fourth-order valence-electron chi connectivity index (χ4n) is 1.69. The third-order valence-corrected chi connectivity index (χ3v) is 3.44. The Morgan fingerprint density at radius 2 is 2.32 bits per heavy atom. The second kappa shape index (κ2) is 5.27. The number of carbonyl (C=O) groups excluding carboxylic acids is 1. The van der Waals surface area contributed by atoms with Gasteiger partial charge in [0, 0.05) is 11.8 Å². The van der Waals surface area contributed by atoms with E-state index in [0.717, 1.165) is 5.75 Å². The number of nitrogen functional groups attached to an aromatic ring is 1. The molecular formula is C11H12N4O3S. The molecule has 8 heteroatoms. The molecule has 7 nitrogen and oxygen atoms in total. The van der Waals surface area contributed by atoms with Gasteiger partial charge in [0.25, 0.3) is 11.6 Å². The van der Waals surface area contributed by atoms with Gasteiger partial charge in [-0.25, -0.2) is 0 Å². The van der Waals surface area contributed by atoms with Crippen LogP contribution in [0, 0.1) is 17.0 Å². The van der Waals surface area contributed by atoms with E-state index < -0.39 is 10.8 Å². The Bertz CT molecular complexity index is 586. The molecule has 1 aromatic carbocycles. The minimum Gasteiger partial charge on any atom is -0.393 e. The fourth-order valence-corrected chi connectivity index (χ4v) is 2.42. The van der Waals surface area contributed by atoms with Gasteiger partial charge in [-0.15, -0.1) is 0 Å². The SMILES string of the molecule is Cc1cc(C(=O)NC2=NCCS2)c(N)c([N+](=O)[O-])c1. The first kappa shape index (κ1) is 13.3. The summed E-state index contributed by atoms with van der Waals surface area (Å²) in [6.45, 7) is 2.33. The summed E-state index contributed by atoms with van der Waals surface area (Å²) in [6.07, 6.45) is 0. The monoisotopic (exact) mass is 280 g/mol. The number of rotatable bonds is 2. The van der Waals surface area contributed by atoms with Crippen molar-refractivity contribution in [1.29, 1.82) is 0 Å². The minimum absolute atomic E-state index is 0.0990. The summed E-state index contributed by atoms with van der Waals surface area (Å²) in [5.74, 6) is 0.344. The number of nitro benzene ring substituents is 1. The van der Waals surface area contributed by atoms with Gasteiger partial charge in [0.2, 0.25) is 0 Å². The average Bonchev–Trinajstić information content (AvgIpc) is 2.84. The smallest absolute Gasteiger partial charge is 0.293 e. The molecule has 3 N–H and O–H groups in total. The molecule has 0 unspecified atom stereocenters. The number of nitrogens with one attached hydrogen (secondary N) is 1. The zero-order valence-electron chi connectivity index (χ0n) is 10.2. The summed E-state index contributed by atoms with van der Waals surface area (Å²) in [5.41, 5.74) is 6.00. The van der Waals surface area contributed by atoms with Crippen LogP contribution in [0.4, 0.5) is 11.4 Å². The molecule has 19 heavy (non-hydrogen) atoms. The number of anilines is 1. The van der Waals surface area contributed by atoms with Crippen LogP contribution in [0.5, 0.6) is 0 Å². The summed E-state index contributed by atoms with van der Waals surface area (Å²) in [7, 11) is 0. The fraction of sp³-hybridized carbons (Fsp3) is 0.273. The van der Waals surface area contributed by atoms with Gasteiger partial charge >= 0.3 is 0 Å². The molecule has 0 saturated carbocycles. The van der Waals surface area contributed by atoms with Crippen LogP contribution in [-0.4, -0.2) is 28.3 Å². The molecule has 0 atom stereocenters. The van der Waals surface area contributed by atoms with Gasteiger partial charge < -0.3 is 11.1 Å². The van der Waals surface area contributed by atoms with Crippen molar-refractivity contribution in [3.8, 4) is 0 Å². The summed E-state index contributed by atoms with van der Waals surface area (Å²) in [5, 5.41) is 14.0. The first-order valence-electron chi connectivity index (χ1n) is 5.52. The molecule has 0 fully saturated rings. The Kier molecular flexibility index (Phi) is 3.70. The number of hydrogen-bond donors (Lipinski definition) is 2. The van der Waals surface area contributed by atoms with Gasteiger partial charge in [-0.05, 0) is 18.6 Å². The number of aryl methyl sites for hydroxylation is 1. The second-order valence-electron chi connectivity index (χ2n) is 3.99. The van der Waals surface area contributed by atoms with Crippen molar-refractivity contribution >= 4 is 34.2 Å². The van der Waals surface area contributed by atoms with Crippen LogP contribution in [0.1, 0.15) is 15.9 Å². The quantitative estimate of drug-likeness (QED) is 0.482. The number of nitrogens with zero attached hydrogens (tertiary/aromatic N) is 2. The summed E-state index contributed by atoms with van der Waals surface area (Å²) < 4.78 is 0. The van der Waals surface area contributed by atoms with E-state index in [4.69, 9.17) is 5.73 Å². The van der Waals surface area contributed by atoms with Gasteiger partial charge in [0.15, 0.2) is 5.17 Å². The Balaban J connectivity index is 2.33. The predicted molar refractivity (Wildman–Crippen MR) is 74.5 cm³/mol. The molecule has 0 aliphatic carbocycles. The van der Waals surface area contributed by atoms with Crippen LogP contribution in [0.15, 0.2) is 17.1 Å². The van der Waals surface area contributed by atoms with Crippen molar-refractivity contribution in [2.75, 3.05) is 18.0 Å². The summed E-state index contributed by atoms with van der Waals surface area (Å²) in [6, 6.07) is 2.87. The Morgan fingerprint density at radius 1 is 1.58 bits per heavy atom. The van der Waals surface area contributed by atoms with E-state index in [-0.39, 0.29) is 16.9 Å². The van der Waals surface area contributed by atoms with E-state index in [1.165, 1.54) is 23.9 Å². The third-order valence-electron chi connectivity index (χ3n) is 2.55. The molecule has 1 aromatic rings. The standard InChI is InChI=1S/C11H12N4O3S/c1-6-4-7(9(12)8(5-6)15(17)18)10(16)14-11-13-2-3-19-11/h4-5H,2-3,12H2,1H3,(H,13,14,16). The number of carbonyl (C=O) groups is 1. The first-order chi connectivity index (χ1) is 8.99. The van der Waals surface area contributed by atoms with Crippen molar-refractivity contribution in [3.63, 3.8) is 0 Å². The molecule has 0 spiro atoms. The zero-order valence-corrected chi connectivity index (χ0v) is 11.0. The van der Waals surface area contributed by atoms with Crippen LogP contribution in [-0.2, 0) is 0 Å². The van der Waals surface area contributed by atoms with Crippen LogP contribution < -0.4 is 11.1 Å². The number of hydrogen-bond acceptors (Lipinski definition) is 6. The highest BCUT2D eigenvalue weighted by Gasteiger charge is 2.22. The maximum absolute atomic E-state index is 12.0. The Labute approximate surface area is 113 Å². The Morgan fingerprint density at radius 3 is 2.89 bits per heavy atom. The molecule has 0 bridgehead atoms. The van der Waals surface area contributed by atoms with E-state index in [0.29, 0.717) is 17.3 Å². The van der Waals surface area contributed by atoms with Gasteiger partial charge in [0.05, 0.1) is 17.0 Å². The normalized spacial score (nSPS) is 14.1. The van der Waals surface area contributed by atoms with Crippen molar-refractivity contribution in [2.24, 2.45) is 4.99 Å². The number of nitro groups is 1. The lowest BCUT2D eigenvalue weighted by atomic mass is 10.1. The lowest BCUT2D eigenvalue weighted by Gasteiger charge is -2.08. The highest BCUT2D eigenvalue weighted by molar-refractivity contribution is 8.14. The maximum atomic E-state index is 12.0. The van der Waals surface area contributed by atoms with Crippen LogP contribution in [0.25, 0.3) is 0 Å². The molecule has 0 saturated heterocycles. The lowest BCUT2D eigenvalue weighted by molar-refractivity contribution is -0.384. The van der Waals surface area contributed by atoms with Crippen molar-refractivity contribution < 1.29 is 9.72 Å². The van der Waals surface area contributed by atoms with Gasteiger partial charge in [-0.2, -0.15) is 0 Å². The number of aliphatic imine (C=N–C) groups is 1. The van der Waals surface area contributed by atoms with Crippen LogP contribution >= 0.6 is 11.8 Å². The number of nitrogens with two attached hydrogens (primary N) is 1. The summed E-state index contributed by atoms with van der Waals surface area (Å²) >= 11 is 1.43. The molecule has 2 rings (SSSR count). The number of amidine groups is 1. The molecule has 0 aromatic heterocycles. The second-order valence-corrected chi connectivity index (χ2v) is 5.08. The topological polar surface area (TPSA) is 111 Å².